The average Bonchev–Trinajstić information content (AvgIpc) is 2.16. The Labute approximate surface area is 104 Å². The first-order valence-electron chi connectivity index (χ1n) is 4.53. The number of nitrogens with zero attached hydrogens (tertiary/aromatic N) is 1. The summed E-state index contributed by atoms with van der Waals surface area (Å²) in [5, 5.41) is 10.6. The summed E-state index contributed by atoms with van der Waals surface area (Å²) in [6.45, 7) is 1.17. The Morgan fingerprint density at radius 2 is 1.89 bits per heavy atom. The number of phosphoric acid groups is 1. The molecular formula is C8H7F3NO6P. The molecule has 106 valence electrons. The molecule has 2 N–H and O–H groups in total. The molecule has 0 aliphatic carbocycles. The van der Waals surface area contributed by atoms with E-state index in [2.05, 4.69) is 4.52 Å². The van der Waals surface area contributed by atoms with Crippen LogP contribution in [0.2, 0.25) is 0 Å². The summed E-state index contributed by atoms with van der Waals surface area (Å²) in [5.41, 5.74) is -2.89. The maximum atomic E-state index is 12.7. The van der Waals surface area contributed by atoms with Gasteiger partial charge in [-0.15, -0.1) is 0 Å². The molecule has 0 spiro atoms. The zero-order valence-electron chi connectivity index (χ0n) is 9.21. The maximum absolute atomic E-state index is 12.7. The fourth-order valence-corrected chi connectivity index (χ4v) is 1.74. The topological polar surface area (TPSA) is 110 Å². The number of nitro benzene ring substituents is 1. The van der Waals surface area contributed by atoms with Crippen LogP contribution in [-0.4, -0.2) is 14.7 Å². The van der Waals surface area contributed by atoms with Gasteiger partial charge in [-0.3, -0.25) is 19.9 Å². The van der Waals surface area contributed by atoms with Crippen LogP contribution in [0.4, 0.5) is 18.9 Å². The monoisotopic (exact) mass is 301 g/mol. The van der Waals surface area contributed by atoms with Crippen LogP contribution in [-0.2, 0) is 10.7 Å². The van der Waals surface area contributed by atoms with Crippen LogP contribution >= 0.6 is 7.82 Å². The molecule has 0 aliphatic heterocycles. The summed E-state index contributed by atoms with van der Waals surface area (Å²) in [7, 11) is -5.37. The van der Waals surface area contributed by atoms with Gasteiger partial charge in [0.2, 0.25) is 5.75 Å². The van der Waals surface area contributed by atoms with Crippen LogP contribution in [0.3, 0.4) is 0 Å². The van der Waals surface area contributed by atoms with Gasteiger partial charge in [0.25, 0.3) is 0 Å². The summed E-state index contributed by atoms with van der Waals surface area (Å²) in [6.07, 6.45) is -5.05. The predicted molar refractivity (Wildman–Crippen MR) is 55.5 cm³/mol. The van der Waals surface area contributed by atoms with Crippen molar-refractivity contribution in [3.05, 3.63) is 33.4 Å². The van der Waals surface area contributed by atoms with Crippen molar-refractivity contribution in [1.29, 1.82) is 0 Å². The minimum atomic E-state index is -5.37. The number of benzene rings is 1. The summed E-state index contributed by atoms with van der Waals surface area (Å²) in [5.74, 6) is -1.50. The molecule has 0 aromatic heterocycles. The Hall–Kier alpha value is -1.64. The van der Waals surface area contributed by atoms with Gasteiger partial charge in [-0.05, 0) is 18.6 Å². The van der Waals surface area contributed by atoms with E-state index >= 15 is 0 Å². The van der Waals surface area contributed by atoms with Gasteiger partial charge in [0, 0.05) is 6.07 Å². The molecule has 7 nitrogen and oxygen atoms in total. The first-order chi connectivity index (χ1) is 8.42. The largest absolute Gasteiger partial charge is 0.525 e. The Balaban J connectivity index is 3.62. The number of hydrogen-bond donors (Lipinski definition) is 2. The molecule has 1 aromatic carbocycles. The molecule has 19 heavy (non-hydrogen) atoms. The molecule has 0 radical (unpaired) electrons. The van der Waals surface area contributed by atoms with Crippen LogP contribution in [0.15, 0.2) is 12.1 Å². The van der Waals surface area contributed by atoms with Gasteiger partial charge >= 0.3 is 19.7 Å². The molecule has 0 aliphatic rings. The van der Waals surface area contributed by atoms with Crippen molar-refractivity contribution in [2.24, 2.45) is 0 Å². The number of nitro groups is 1. The SMILES string of the molecule is Cc1cc([N+](=O)[O-])c(OP(=O)(O)O)c(C(F)(F)F)c1. The van der Waals surface area contributed by atoms with Gasteiger partial charge in [0.15, 0.2) is 0 Å². The number of halogens is 3. The number of alkyl halides is 3. The van der Waals surface area contributed by atoms with Crippen molar-refractivity contribution in [2.45, 2.75) is 13.1 Å². The first kappa shape index (κ1) is 15.4. The van der Waals surface area contributed by atoms with Gasteiger partial charge in [0.1, 0.15) is 5.56 Å². The van der Waals surface area contributed by atoms with E-state index in [9.17, 15) is 27.9 Å². The van der Waals surface area contributed by atoms with E-state index in [1.807, 2.05) is 0 Å². The summed E-state index contributed by atoms with van der Waals surface area (Å²) >= 11 is 0. The molecule has 1 rings (SSSR count). The van der Waals surface area contributed by atoms with Gasteiger partial charge in [-0.25, -0.2) is 4.57 Å². The molecule has 0 unspecified atom stereocenters. The molecule has 0 fully saturated rings. The van der Waals surface area contributed by atoms with Crippen molar-refractivity contribution in [2.75, 3.05) is 0 Å². The van der Waals surface area contributed by atoms with Crippen molar-refractivity contribution in [1.82, 2.24) is 0 Å². The highest BCUT2D eigenvalue weighted by atomic mass is 31.2. The fraction of sp³-hybridized carbons (Fsp3) is 0.250. The second-order valence-electron chi connectivity index (χ2n) is 3.50. The molecule has 0 saturated heterocycles. The third-order valence-electron chi connectivity index (χ3n) is 1.93. The summed E-state index contributed by atoms with van der Waals surface area (Å²) in [6, 6.07) is 1.22. The van der Waals surface area contributed by atoms with Crippen LogP contribution in [0.25, 0.3) is 0 Å². The van der Waals surface area contributed by atoms with Crippen LogP contribution in [0.1, 0.15) is 11.1 Å². The number of phosphoric ester groups is 1. The smallest absolute Gasteiger partial charge is 0.396 e. The van der Waals surface area contributed by atoms with E-state index in [4.69, 9.17) is 9.79 Å². The molecule has 1 aromatic rings. The van der Waals surface area contributed by atoms with E-state index in [0.717, 1.165) is 6.07 Å². The van der Waals surface area contributed by atoms with E-state index in [1.54, 1.807) is 0 Å². The lowest BCUT2D eigenvalue weighted by Gasteiger charge is -2.14. The third kappa shape index (κ3) is 3.91. The molecule has 11 heteroatoms. The Morgan fingerprint density at radius 3 is 2.26 bits per heavy atom. The highest BCUT2D eigenvalue weighted by molar-refractivity contribution is 7.46. The van der Waals surface area contributed by atoms with E-state index in [1.165, 1.54) is 6.92 Å². The number of rotatable bonds is 3. The highest BCUT2D eigenvalue weighted by Crippen LogP contribution is 2.48. The molecule has 0 bridgehead atoms. The summed E-state index contributed by atoms with van der Waals surface area (Å²) in [4.78, 5) is 26.5. The molecule has 0 atom stereocenters. The van der Waals surface area contributed by atoms with Crippen molar-refractivity contribution < 1.29 is 37.0 Å². The molecular weight excluding hydrogens is 294 g/mol. The van der Waals surface area contributed by atoms with Gasteiger partial charge in [-0.1, -0.05) is 0 Å². The van der Waals surface area contributed by atoms with Gasteiger partial charge in [-0.2, -0.15) is 13.2 Å². The Bertz CT molecular complexity index is 566. The molecule has 0 heterocycles. The maximum Gasteiger partial charge on any atom is 0.525 e. The van der Waals surface area contributed by atoms with Crippen molar-refractivity contribution in [3.8, 4) is 5.75 Å². The lowest BCUT2D eigenvalue weighted by atomic mass is 10.1. The molecule has 0 amide bonds. The lowest BCUT2D eigenvalue weighted by Crippen LogP contribution is -2.10. The first-order valence-corrected chi connectivity index (χ1v) is 6.06. The van der Waals surface area contributed by atoms with E-state index < -0.39 is 35.9 Å². The van der Waals surface area contributed by atoms with Crippen LogP contribution < -0.4 is 4.52 Å². The lowest BCUT2D eigenvalue weighted by molar-refractivity contribution is -0.385. The predicted octanol–water partition coefficient (Wildman–Crippen LogP) is 2.39. The average molecular weight is 301 g/mol. The van der Waals surface area contributed by atoms with Crippen molar-refractivity contribution in [3.63, 3.8) is 0 Å². The van der Waals surface area contributed by atoms with Gasteiger partial charge < -0.3 is 4.52 Å². The third-order valence-corrected chi connectivity index (χ3v) is 2.35. The van der Waals surface area contributed by atoms with E-state index in [0.29, 0.717) is 6.07 Å². The van der Waals surface area contributed by atoms with Crippen LogP contribution in [0.5, 0.6) is 5.75 Å². The fourth-order valence-electron chi connectivity index (χ4n) is 1.32. The standard InChI is InChI=1S/C8H7F3NO6P/c1-4-2-5(8(9,10)11)7(18-19(15,16)17)6(3-4)12(13)14/h2-3H,1H3,(H2,15,16,17). The zero-order valence-corrected chi connectivity index (χ0v) is 10.1. The second-order valence-corrected chi connectivity index (χ2v) is 4.66. The van der Waals surface area contributed by atoms with Gasteiger partial charge in [0.05, 0.1) is 4.92 Å². The normalized spacial score (nSPS) is 12.3. The Morgan fingerprint density at radius 1 is 1.37 bits per heavy atom. The number of hydrogen-bond acceptors (Lipinski definition) is 4. The molecule has 0 saturated carbocycles. The van der Waals surface area contributed by atoms with Crippen LogP contribution in [0, 0.1) is 17.0 Å². The Kier molecular flexibility index (Phi) is 3.89. The highest BCUT2D eigenvalue weighted by Gasteiger charge is 2.40. The number of aryl methyl sites for hydroxylation is 1. The minimum absolute atomic E-state index is 0.0999. The van der Waals surface area contributed by atoms with E-state index in [-0.39, 0.29) is 5.56 Å². The zero-order chi connectivity index (χ0) is 15.0. The quantitative estimate of drug-likeness (QED) is 0.504. The second kappa shape index (κ2) is 4.80. The summed E-state index contributed by atoms with van der Waals surface area (Å²) < 4.78 is 52.5. The van der Waals surface area contributed by atoms with Crippen molar-refractivity contribution >= 4 is 13.5 Å². The minimum Gasteiger partial charge on any atom is -0.396 e.